The molecule has 0 unspecified atom stereocenters. The van der Waals surface area contributed by atoms with Gasteiger partial charge in [0.25, 0.3) is 5.91 Å². The molecule has 1 atom stereocenters. The Morgan fingerprint density at radius 3 is 2.25 bits per heavy atom. The Morgan fingerprint density at radius 1 is 1.03 bits per heavy atom. The van der Waals surface area contributed by atoms with Crippen molar-refractivity contribution in [3.8, 4) is 0 Å². The lowest BCUT2D eigenvalue weighted by atomic mass is 9.95. The third kappa shape index (κ3) is 5.54. The number of nitrogen functional groups attached to an aromatic ring is 1. The van der Waals surface area contributed by atoms with Gasteiger partial charge in [-0.25, -0.2) is 9.37 Å². The fourth-order valence-electron chi connectivity index (χ4n) is 4.23. The molecule has 1 fully saturated rings. The zero-order chi connectivity index (χ0) is 25.8. The molecule has 3 aromatic rings. The number of carbonyl (C=O) groups excluding carboxylic acids is 3. The molecule has 8 nitrogen and oxygen atoms in total. The van der Waals surface area contributed by atoms with Crippen LogP contribution in [-0.2, 0) is 4.79 Å². The first-order valence-electron chi connectivity index (χ1n) is 11.8. The molecule has 1 heterocycles. The van der Waals surface area contributed by atoms with Gasteiger partial charge in [0.1, 0.15) is 22.6 Å². The molecule has 2 aromatic carbocycles. The summed E-state index contributed by atoms with van der Waals surface area (Å²) in [5.41, 5.74) is 12.9. The van der Waals surface area contributed by atoms with Crippen molar-refractivity contribution in [3.05, 3.63) is 70.4 Å². The molecule has 188 valence electrons. The molecule has 0 bridgehead atoms. The van der Waals surface area contributed by atoms with E-state index in [0.29, 0.717) is 16.8 Å². The Kier molecular flexibility index (Phi) is 7.64. The Balaban J connectivity index is 1.55. The highest BCUT2D eigenvalue weighted by molar-refractivity contribution is 7.18. The molecule has 1 aromatic heterocycles. The number of ketones is 1. The highest BCUT2D eigenvalue weighted by Gasteiger charge is 2.27. The summed E-state index contributed by atoms with van der Waals surface area (Å²) >= 11 is 1.01. The Hall–Kier alpha value is -3.79. The molecule has 2 amide bonds. The number of primary amides is 1. The van der Waals surface area contributed by atoms with Gasteiger partial charge < -0.3 is 21.7 Å². The van der Waals surface area contributed by atoms with Gasteiger partial charge >= 0.3 is 0 Å². The van der Waals surface area contributed by atoms with Gasteiger partial charge in [0.15, 0.2) is 5.13 Å². The molecule has 0 spiro atoms. The molecule has 1 saturated carbocycles. The second-order valence-corrected chi connectivity index (χ2v) is 9.83. The summed E-state index contributed by atoms with van der Waals surface area (Å²) < 4.78 is 13.5. The van der Waals surface area contributed by atoms with Gasteiger partial charge in [-0.2, -0.15) is 0 Å². The maximum absolute atomic E-state index is 13.5. The van der Waals surface area contributed by atoms with Crippen molar-refractivity contribution in [1.29, 1.82) is 0 Å². The lowest BCUT2D eigenvalue weighted by molar-refractivity contribution is -0.118. The normalized spacial score (nSPS) is 14.7. The first kappa shape index (κ1) is 25.3. The van der Waals surface area contributed by atoms with Crippen molar-refractivity contribution in [1.82, 2.24) is 10.3 Å². The Morgan fingerprint density at radius 2 is 1.64 bits per heavy atom. The number of amides is 2. The van der Waals surface area contributed by atoms with E-state index in [9.17, 15) is 18.8 Å². The number of nitrogens with one attached hydrogen (secondary N) is 1. The second-order valence-electron chi connectivity index (χ2n) is 8.85. The van der Waals surface area contributed by atoms with Crippen LogP contribution in [0.2, 0.25) is 0 Å². The predicted octanol–water partition coefficient (Wildman–Crippen LogP) is 4.17. The van der Waals surface area contributed by atoms with Gasteiger partial charge in [0, 0.05) is 22.9 Å². The maximum Gasteiger partial charge on any atom is 0.251 e. The van der Waals surface area contributed by atoms with Crippen LogP contribution in [0.4, 0.5) is 21.0 Å². The SMILES string of the molecule is C[C@H](C(N)=O)N(c1ccc(F)cc1)c1nc(N)c(C(=O)c2ccc(C(=O)NC3CCCCC3)cc2)s1. The number of nitrogens with zero attached hydrogens (tertiary/aromatic N) is 2. The number of nitrogens with two attached hydrogens (primary N) is 2. The van der Waals surface area contributed by atoms with E-state index in [0.717, 1.165) is 37.0 Å². The summed E-state index contributed by atoms with van der Waals surface area (Å²) in [4.78, 5) is 43.8. The first-order valence-corrected chi connectivity index (χ1v) is 12.6. The quantitative estimate of drug-likeness (QED) is 0.391. The van der Waals surface area contributed by atoms with E-state index in [-0.39, 0.29) is 33.6 Å². The summed E-state index contributed by atoms with van der Waals surface area (Å²) in [6.07, 6.45) is 5.41. The monoisotopic (exact) mass is 509 g/mol. The molecular weight excluding hydrogens is 481 g/mol. The number of halogens is 1. The second kappa shape index (κ2) is 10.9. The van der Waals surface area contributed by atoms with E-state index in [1.165, 1.54) is 35.6 Å². The Labute approximate surface area is 212 Å². The van der Waals surface area contributed by atoms with E-state index < -0.39 is 17.8 Å². The van der Waals surface area contributed by atoms with Gasteiger partial charge in [-0.1, -0.05) is 42.7 Å². The highest BCUT2D eigenvalue weighted by Crippen LogP contribution is 2.36. The summed E-state index contributed by atoms with van der Waals surface area (Å²) in [6.45, 7) is 1.59. The fraction of sp³-hybridized carbons (Fsp3) is 0.308. The molecule has 36 heavy (non-hydrogen) atoms. The van der Waals surface area contributed by atoms with Crippen molar-refractivity contribution in [3.63, 3.8) is 0 Å². The highest BCUT2D eigenvalue weighted by atomic mass is 32.1. The minimum atomic E-state index is -0.828. The van der Waals surface area contributed by atoms with Crippen molar-refractivity contribution in [2.45, 2.75) is 51.1 Å². The number of aromatic nitrogens is 1. The van der Waals surface area contributed by atoms with Crippen LogP contribution < -0.4 is 21.7 Å². The van der Waals surface area contributed by atoms with Crippen LogP contribution in [0, 0.1) is 5.82 Å². The number of hydrogen-bond acceptors (Lipinski definition) is 7. The lowest BCUT2D eigenvalue weighted by Crippen LogP contribution is -2.39. The van der Waals surface area contributed by atoms with Crippen LogP contribution in [0.15, 0.2) is 48.5 Å². The zero-order valence-corrected chi connectivity index (χ0v) is 20.7. The van der Waals surface area contributed by atoms with E-state index >= 15 is 0 Å². The van der Waals surface area contributed by atoms with E-state index in [4.69, 9.17) is 11.5 Å². The predicted molar refractivity (Wildman–Crippen MR) is 138 cm³/mol. The minimum Gasteiger partial charge on any atom is -0.382 e. The molecule has 10 heteroatoms. The van der Waals surface area contributed by atoms with Crippen molar-refractivity contribution in [2.24, 2.45) is 5.73 Å². The summed E-state index contributed by atoms with van der Waals surface area (Å²) in [7, 11) is 0. The number of hydrogen-bond donors (Lipinski definition) is 3. The molecular formula is C26H28FN5O3S. The first-order chi connectivity index (χ1) is 17.2. The van der Waals surface area contributed by atoms with E-state index in [1.54, 1.807) is 31.2 Å². The average molecular weight is 510 g/mol. The van der Waals surface area contributed by atoms with E-state index in [2.05, 4.69) is 10.3 Å². The number of carbonyl (C=O) groups is 3. The van der Waals surface area contributed by atoms with Crippen LogP contribution in [0.5, 0.6) is 0 Å². The number of anilines is 3. The van der Waals surface area contributed by atoms with Crippen molar-refractivity contribution in [2.75, 3.05) is 10.6 Å². The molecule has 1 aliphatic rings. The third-order valence-electron chi connectivity index (χ3n) is 6.31. The molecule has 5 N–H and O–H groups in total. The summed E-state index contributed by atoms with van der Waals surface area (Å²) in [5, 5.41) is 3.34. The van der Waals surface area contributed by atoms with Crippen LogP contribution in [0.3, 0.4) is 0 Å². The van der Waals surface area contributed by atoms with Crippen LogP contribution in [-0.4, -0.2) is 34.7 Å². The van der Waals surface area contributed by atoms with Crippen molar-refractivity contribution >= 4 is 45.6 Å². The minimum absolute atomic E-state index is 0.00269. The molecule has 0 radical (unpaired) electrons. The van der Waals surface area contributed by atoms with Crippen LogP contribution in [0.1, 0.15) is 64.6 Å². The molecule has 0 saturated heterocycles. The molecule has 0 aliphatic heterocycles. The fourth-order valence-corrected chi connectivity index (χ4v) is 5.28. The van der Waals surface area contributed by atoms with Gasteiger partial charge in [0.2, 0.25) is 11.7 Å². The zero-order valence-electron chi connectivity index (χ0n) is 19.9. The number of benzene rings is 2. The Bertz CT molecular complexity index is 1250. The topological polar surface area (TPSA) is 131 Å². The van der Waals surface area contributed by atoms with Crippen molar-refractivity contribution < 1.29 is 18.8 Å². The maximum atomic E-state index is 13.5. The summed E-state index contributed by atoms with van der Waals surface area (Å²) in [5.74, 6) is -1.57. The average Bonchev–Trinajstić information content (AvgIpc) is 3.26. The van der Waals surface area contributed by atoms with Crippen LogP contribution >= 0.6 is 11.3 Å². The number of rotatable bonds is 8. The lowest BCUT2D eigenvalue weighted by Gasteiger charge is -2.26. The van der Waals surface area contributed by atoms with E-state index in [1.807, 2.05) is 0 Å². The van der Waals surface area contributed by atoms with Gasteiger partial charge in [-0.3, -0.25) is 14.4 Å². The number of thiazole rings is 1. The van der Waals surface area contributed by atoms with Gasteiger partial charge in [0.05, 0.1) is 0 Å². The smallest absolute Gasteiger partial charge is 0.251 e. The van der Waals surface area contributed by atoms with Crippen LogP contribution in [0.25, 0.3) is 0 Å². The molecule has 4 rings (SSSR count). The third-order valence-corrected chi connectivity index (χ3v) is 7.38. The summed E-state index contributed by atoms with van der Waals surface area (Å²) in [6, 6.07) is 11.3. The largest absolute Gasteiger partial charge is 0.382 e. The van der Waals surface area contributed by atoms with Gasteiger partial charge in [-0.15, -0.1) is 0 Å². The van der Waals surface area contributed by atoms with Gasteiger partial charge in [-0.05, 0) is 56.2 Å². The molecule has 1 aliphatic carbocycles. The standard InChI is InChI=1S/C26H28FN5O3S/c1-15(24(29)34)32(20-13-11-18(27)12-14-20)26-31-23(28)22(36-26)21(33)16-7-9-17(10-8-16)25(35)30-19-5-3-2-4-6-19/h7-15,19H,2-6,28H2,1H3,(H2,29,34)(H,30,35)/t15-/m1/s1.